The fourth-order valence-corrected chi connectivity index (χ4v) is 2.30. The van der Waals surface area contributed by atoms with Crippen LogP contribution in [0.1, 0.15) is 20.7 Å². The van der Waals surface area contributed by atoms with E-state index >= 15 is 0 Å². The first-order valence-electron chi connectivity index (χ1n) is 7.90. The summed E-state index contributed by atoms with van der Waals surface area (Å²) in [5.41, 5.74) is 0.157. The number of hydrogen-bond acceptors (Lipinski definition) is 5. The van der Waals surface area contributed by atoms with Crippen molar-refractivity contribution >= 4 is 11.9 Å². The zero-order valence-electron chi connectivity index (χ0n) is 14.0. The molecule has 3 aromatic rings. The lowest BCUT2D eigenvalue weighted by Crippen LogP contribution is -2.17. The average Bonchev–Trinajstić information content (AvgIpc) is 2.69. The molecule has 0 spiro atoms. The third kappa shape index (κ3) is 4.08. The largest absolute Gasteiger partial charge is 0.497 e. The van der Waals surface area contributed by atoms with Crippen molar-refractivity contribution in [2.45, 2.75) is 0 Å². The molecule has 0 atom stereocenters. The fraction of sp³-hybridized carbons (Fsp3) is 0.0476. The van der Waals surface area contributed by atoms with Crippen molar-refractivity contribution in [2.24, 2.45) is 0 Å². The topological polar surface area (TPSA) is 61.8 Å². The van der Waals surface area contributed by atoms with Gasteiger partial charge in [-0.1, -0.05) is 36.4 Å². The first-order valence-corrected chi connectivity index (χ1v) is 7.90. The molecule has 0 bridgehead atoms. The van der Waals surface area contributed by atoms with Gasteiger partial charge >= 0.3 is 11.9 Å². The molecule has 0 saturated carbocycles. The van der Waals surface area contributed by atoms with Gasteiger partial charge in [0.05, 0.1) is 18.2 Å². The summed E-state index contributed by atoms with van der Waals surface area (Å²) in [6.45, 7) is 0. The Morgan fingerprint density at radius 3 is 1.62 bits per heavy atom. The summed E-state index contributed by atoms with van der Waals surface area (Å²) < 4.78 is 15.8. The Labute approximate surface area is 150 Å². The van der Waals surface area contributed by atoms with E-state index in [0.29, 0.717) is 17.2 Å². The summed E-state index contributed by atoms with van der Waals surface area (Å²) in [5, 5.41) is 0. The average molecular weight is 348 g/mol. The standard InChI is InChI=1S/C21H16O5/c1-24-17-12-13-18(20(22)25-15-8-4-2-5-9-15)19(14-17)21(23)26-16-10-6-3-7-11-16/h2-14H,1H3. The Morgan fingerprint density at radius 1 is 0.615 bits per heavy atom. The highest BCUT2D eigenvalue weighted by molar-refractivity contribution is 6.04. The number of carbonyl (C=O) groups excluding carboxylic acids is 2. The molecule has 0 radical (unpaired) electrons. The number of ether oxygens (including phenoxy) is 3. The minimum Gasteiger partial charge on any atom is -0.497 e. The third-order valence-corrected chi connectivity index (χ3v) is 3.57. The van der Waals surface area contributed by atoms with Gasteiger partial charge in [-0.3, -0.25) is 0 Å². The summed E-state index contributed by atoms with van der Waals surface area (Å²) in [5.74, 6) is -0.131. The smallest absolute Gasteiger partial charge is 0.344 e. The fourth-order valence-electron chi connectivity index (χ4n) is 2.30. The zero-order chi connectivity index (χ0) is 18.4. The second-order valence-electron chi connectivity index (χ2n) is 5.32. The Morgan fingerprint density at radius 2 is 1.12 bits per heavy atom. The van der Waals surface area contributed by atoms with Crippen LogP contribution in [0.15, 0.2) is 78.9 Å². The Bertz CT molecular complexity index is 904. The molecule has 0 aliphatic rings. The molecular weight excluding hydrogens is 332 g/mol. The molecule has 0 aliphatic carbocycles. The van der Waals surface area contributed by atoms with E-state index in [1.807, 2.05) is 12.1 Å². The van der Waals surface area contributed by atoms with Crippen molar-refractivity contribution in [1.29, 1.82) is 0 Å². The minimum absolute atomic E-state index is 0.0640. The van der Waals surface area contributed by atoms with Gasteiger partial charge in [-0.05, 0) is 42.5 Å². The normalized spacial score (nSPS) is 10.0. The van der Waals surface area contributed by atoms with Crippen LogP contribution in [0.4, 0.5) is 0 Å². The maximum Gasteiger partial charge on any atom is 0.344 e. The van der Waals surface area contributed by atoms with E-state index in [0.717, 1.165) is 0 Å². The number of methoxy groups -OCH3 is 1. The van der Waals surface area contributed by atoms with Crippen LogP contribution in [0, 0.1) is 0 Å². The van der Waals surface area contributed by atoms with E-state index in [9.17, 15) is 9.59 Å². The van der Waals surface area contributed by atoms with Crippen LogP contribution >= 0.6 is 0 Å². The van der Waals surface area contributed by atoms with Gasteiger partial charge in [-0.15, -0.1) is 0 Å². The van der Waals surface area contributed by atoms with E-state index in [1.165, 1.54) is 19.2 Å². The summed E-state index contributed by atoms with van der Waals surface area (Å²) in [7, 11) is 1.48. The molecule has 0 N–H and O–H groups in total. The Hall–Kier alpha value is -3.60. The van der Waals surface area contributed by atoms with E-state index < -0.39 is 11.9 Å². The lowest BCUT2D eigenvalue weighted by atomic mass is 10.1. The molecule has 26 heavy (non-hydrogen) atoms. The molecule has 0 unspecified atom stereocenters. The van der Waals surface area contributed by atoms with Gasteiger partial charge in [0.1, 0.15) is 17.2 Å². The number of esters is 2. The maximum absolute atomic E-state index is 12.6. The maximum atomic E-state index is 12.6. The van der Waals surface area contributed by atoms with E-state index in [1.54, 1.807) is 54.6 Å². The van der Waals surface area contributed by atoms with Crippen molar-refractivity contribution in [3.05, 3.63) is 90.0 Å². The molecule has 5 nitrogen and oxygen atoms in total. The SMILES string of the molecule is COc1ccc(C(=O)Oc2ccccc2)c(C(=O)Oc2ccccc2)c1. The second-order valence-corrected chi connectivity index (χ2v) is 5.32. The van der Waals surface area contributed by atoms with Gasteiger partial charge in [0.15, 0.2) is 0 Å². The van der Waals surface area contributed by atoms with Crippen LogP contribution in [0.5, 0.6) is 17.2 Å². The van der Waals surface area contributed by atoms with Gasteiger partial charge in [-0.2, -0.15) is 0 Å². The Balaban J connectivity index is 1.90. The van der Waals surface area contributed by atoms with Gasteiger partial charge in [0.2, 0.25) is 0 Å². The van der Waals surface area contributed by atoms with Crippen molar-refractivity contribution < 1.29 is 23.8 Å². The minimum atomic E-state index is -0.671. The quantitative estimate of drug-likeness (QED) is 0.512. The van der Waals surface area contributed by atoms with Crippen molar-refractivity contribution in [3.63, 3.8) is 0 Å². The number of para-hydroxylation sites is 2. The number of hydrogen-bond donors (Lipinski definition) is 0. The van der Waals surface area contributed by atoms with Crippen LogP contribution in [0.2, 0.25) is 0 Å². The lowest BCUT2D eigenvalue weighted by Gasteiger charge is -2.11. The molecule has 3 aromatic carbocycles. The van der Waals surface area contributed by atoms with Gasteiger partial charge in [0.25, 0.3) is 0 Å². The number of rotatable bonds is 5. The highest BCUT2D eigenvalue weighted by atomic mass is 16.5. The van der Waals surface area contributed by atoms with Gasteiger partial charge in [0, 0.05) is 0 Å². The van der Waals surface area contributed by atoms with Crippen LogP contribution in [0.3, 0.4) is 0 Å². The van der Waals surface area contributed by atoms with E-state index in [2.05, 4.69) is 0 Å². The summed E-state index contributed by atoms with van der Waals surface area (Å²) in [6, 6.07) is 21.8. The molecule has 0 aliphatic heterocycles. The summed E-state index contributed by atoms with van der Waals surface area (Å²) in [6.07, 6.45) is 0. The van der Waals surface area contributed by atoms with Crippen LogP contribution in [-0.4, -0.2) is 19.0 Å². The molecule has 0 heterocycles. The third-order valence-electron chi connectivity index (χ3n) is 3.57. The number of carbonyl (C=O) groups is 2. The summed E-state index contributed by atoms with van der Waals surface area (Å²) >= 11 is 0. The highest BCUT2D eigenvalue weighted by Gasteiger charge is 2.21. The first-order chi connectivity index (χ1) is 12.7. The predicted octanol–water partition coefficient (Wildman–Crippen LogP) is 4.13. The Kier molecular flexibility index (Phi) is 5.29. The highest BCUT2D eigenvalue weighted by Crippen LogP contribution is 2.22. The van der Waals surface area contributed by atoms with E-state index in [-0.39, 0.29) is 11.1 Å². The summed E-state index contributed by atoms with van der Waals surface area (Å²) in [4.78, 5) is 25.1. The zero-order valence-corrected chi connectivity index (χ0v) is 14.0. The monoisotopic (exact) mass is 348 g/mol. The predicted molar refractivity (Wildman–Crippen MR) is 95.8 cm³/mol. The molecular formula is C21H16O5. The molecule has 0 amide bonds. The number of benzene rings is 3. The van der Waals surface area contributed by atoms with Crippen LogP contribution in [-0.2, 0) is 0 Å². The second kappa shape index (κ2) is 7.98. The van der Waals surface area contributed by atoms with Gasteiger partial charge < -0.3 is 14.2 Å². The first kappa shape index (κ1) is 17.2. The molecule has 130 valence electrons. The molecule has 0 aromatic heterocycles. The molecule has 0 saturated heterocycles. The van der Waals surface area contributed by atoms with Crippen molar-refractivity contribution in [2.75, 3.05) is 7.11 Å². The van der Waals surface area contributed by atoms with E-state index in [4.69, 9.17) is 14.2 Å². The van der Waals surface area contributed by atoms with Gasteiger partial charge in [-0.25, -0.2) is 9.59 Å². The molecule has 0 fully saturated rings. The van der Waals surface area contributed by atoms with Crippen molar-refractivity contribution in [1.82, 2.24) is 0 Å². The van der Waals surface area contributed by atoms with Crippen LogP contribution < -0.4 is 14.2 Å². The molecule has 3 rings (SSSR count). The lowest BCUT2D eigenvalue weighted by molar-refractivity contribution is 0.0691. The van der Waals surface area contributed by atoms with Crippen LogP contribution in [0.25, 0.3) is 0 Å². The molecule has 5 heteroatoms. The van der Waals surface area contributed by atoms with Crippen molar-refractivity contribution in [3.8, 4) is 17.2 Å².